The van der Waals surface area contributed by atoms with Crippen LogP contribution >= 0.6 is 11.6 Å². The molecular weight excluding hydrogens is 523 g/mol. The Morgan fingerprint density at radius 3 is 2.85 bits per heavy atom. The van der Waals surface area contributed by atoms with E-state index in [1.165, 1.54) is 24.2 Å². The van der Waals surface area contributed by atoms with Crippen LogP contribution in [0.5, 0.6) is 0 Å². The van der Waals surface area contributed by atoms with Crippen molar-refractivity contribution in [2.75, 3.05) is 36.9 Å². The van der Waals surface area contributed by atoms with Crippen molar-refractivity contribution in [1.29, 1.82) is 0 Å². The number of nitrogens with one attached hydrogen (secondary N) is 2. The number of halogens is 2. The highest BCUT2D eigenvalue weighted by molar-refractivity contribution is 6.31. The van der Waals surface area contributed by atoms with Crippen molar-refractivity contribution in [3.63, 3.8) is 0 Å². The van der Waals surface area contributed by atoms with Gasteiger partial charge in [-0.2, -0.15) is 5.10 Å². The number of amides is 2. The average molecular weight is 551 g/mol. The van der Waals surface area contributed by atoms with Gasteiger partial charge in [0.1, 0.15) is 0 Å². The number of hydrogen-bond acceptors (Lipinski definition) is 7. The predicted octanol–water partition coefficient (Wildman–Crippen LogP) is 4.63. The number of anilines is 2. The van der Waals surface area contributed by atoms with Crippen LogP contribution in [0.2, 0.25) is 5.02 Å². The van der Waals surface area contributed by atoms with Gasteiger partial charge in [0.25, 0.3) is 5.91 Å². The van der Waals surface area contributed by atoms with Crippen LogP contribution < -0.4 is 15.5 Å². The summed E-state index contributed by atoms with van der Waals surface area (Å²) < 4.78 is 20.7. The van der Waals surface area contributed by atoms with Crippen LogP contribution in [-0.2, 0) is 16.9 Å². The Labute approximate surface area is 230 Å². The number of carbonyl (C=O) groups excluding carboxylic acids is 2. The third-order valence-corrected chi connectivity index (χ3v) is 8.16. The molecule has 6 rings (SSSR count). The van der Waals surface area contributed by atoms with Gasteiger partial charge in [-0.3, -0.25) is 15.0 Å². The highest BCUT2D eigenvalue weighted by Gasteiger charge is 2.50. The molecule has 2 N–H and O–H groups in total. The van der Waals surface area contributed by atoms with E-state index in [1.807, 2.05) is 17.0 Å². The number of benzene rings is 2. The van der Waals surface area contributed by atoms with Crippen LogP contribution in [0, 0.1) is 5.82 Å². The fourth-order valence-electron chi connectivity index (χ4n) is 5.84. The Balaban J connectivity index is 1.14. The van der Waals surface area contributed by atoms with Crippen LogP contribution in [-0.4, -0.2) is 53.8 Å². The molecular formula is C28H28ClFN6O3. The molecule has 1 unspecified atom stereocenters. The highest BCUT2D eigenvalue weighted by atomic mass is 35.5. The van der Waals surface area contributed by atoms with Crippen molar-refractivity contribution in [2.45, 2.75) is 37.5 Å². The molecule has 0 bridgehead atoms. The third kappa shape index (κ3) is 4.79. The molecule has 0 aliphatic carbocycles. The molecule has 3 aliphatic heterocycles. The molecule has 2 saturated heterocycles. The van der Waals surface area contributed by atoms with Crippen molar-refractivity contribution in [3.05, 3.63) is 81.8 Å². The molecule has 1 aromatic heterocycles. The van der Waals surface area contributed by atoms with Crippen molar-refractivity contribution in [2.24, 2.45) is 0 Å². The first-order chi connectivity index (χ1) is 18.8. The summed E-state index contributed by atoms with van der Waals surface area (Å²) >= 11 is 6.04. The number of fused-ring (bicyclic) bond motifs is 2. The number of carbonyl (C=O) groups is 2. The second-order valence-corrected chi connectivity index (χ2v) is 10.7. The number of likely N-dealkylation sites (tertiary alicyclic amines) is 1. The van der Waals surface area contributed by atoms with E-state index in [4.69, 9.17) is 16.3 Å². The van der Waals surface area contributed by atoms with Gasteiger partial charge in [0, 0.05) is 25.6 Å². The number of hydrogen-bond donors (Lipinski definition) is 2. The predicted molar refractivity (Wildman–Crippen MR) is 144 cm³/mol. The van der Waals surface area contributed by atoms with Gasteiger partial charge in [-0.1, -0.05) is 35.9 Å². The molecule has 0 radical (unpaired) electrons. The molecule has 2 amide bonds. The summed E-state index contributed by atoms with van der Waals surface area (Å²) in [5, 5.41) is 13.6. The summed E-state index contributed by atoms with van der Waals surface area (Å²) in [6, 6.07) is 13.4. The van der Waals surface area contributed by atoms with Crippen LogP contribution in [0.1, 0.15) is 52.4 Å². The quantitative estimate of drug-likeness (QED) is 0.477. The second kappa shape index (κ2) is 10.1. The van der Waals surface area contributed by atoms with E-state index >= 15 is 4.39 Å². The van der Waals surface area contributed by atoms with Crippen LogP contribution in [0.3, 0.4) is 0 Å². The first-order valence-corrected chi connectivity index (χ1v) is 13.3. The summed E-state index contributed by atoms with van der Waals surface area (Å²) in [5.41, 5.74) is 1.96. The van der Waals surface area contributed by atoms with E-state index in [0.717, 1.165) is 18.5 Å². The van der Waals surface area contributed by atoms with Gasteiger partial charge >= 0.3 is 6.09 Å². The van der Waals surface area contributed by atoms with Crippen LogP contribution in [0.4, 0.5) is 20.7 Å². The first-order valence-electron chi connectivity index (χ1n) is 13.0. The molecule has 2 aromatic carbocycles. The lowest BCUT2D eigenvalue weighted by atomic mass is 9.89. The summed E-state index contributed by atoms with van der Waals surface area (Å²) in [6.45, 7) is 2.06. The molecule has 202 valence electrons. The topological polar surface area (TPSA) is 99.7 Å². The molecule has 1 spiro atoms. The van der Waals surface area contributed by atoms with Crippen molar-refractivity contribution < 1.29 is 18.7 Å². The van der Waals surface area contributed by atoms with Gasteiger partial charge in [-0.05, 0) is 55.8 Å². The lowest BCUT2D eigenvalue weighted by Gasteiger charge is -2.35. The van der Waals surface area contributed by atoms with Crippen molar-refractivity contribution in [3.8, 4) is 0 Å². The first kappa shape index (κ1) is 25.5. The van der Waals surface area contributed by atoms with E-state index in [0.29, 0.717) is 42.6 Å². The van der Waals surface area contributed by atoms with E-state index in [9.17, 15) is 9.59 Å². The van der Waals surface area contributed by atoms with Gasteiger partial charge in [0.15, 0.2) is 17.2 Å². The summed E-state index contributed by atoms with van der Waals surface area (Å²) in [6.07, 6.45) is 3.45. The Kier molecular flexibility index (Phi) is 6.60. The smallest absolute Gasteiger partial charge is 0.412 e. The van der Waals surface area contributed by atoms with E-state index in [1.54, 1.807) is 12.1 Å². The highest BCUT2D eigenvalue weighted by Crippen LogP contribution is 2.46. The van der Waals surface area contributed by atoms with Gasteiger partial charge in [-0.15, -0.1) is 5.10 Å². The molecule has 9 nitrogen and oxygen atoms in total. The Morgan fingerprint density at radius 2 is 2.08 bits per heavy atom. The molecule has 2 atom stereocenters. The fourth-order valence-corrected chi connectivity index (χ4v) is 5.99. The van der Waals surface area contributed by atoms with Crippen LogP contribution in [0.15, 0.2) is 48.7 Å². The number of ether oxygens (including phenoxy) is 1. The Morgan fingerprint density at radius 1 is 1.26 bits per heavy atom. The number of rotatable bonds is 5. The van der Waals surface area contributed by atoms with Gasteiger partial charge in [-0.25, -0.2) is 9.18 Å². The average Bonchev–Trinajstić information content (AvgIpc) is 3.56. The minimum atomic E-state index is -1.23. The van der Waals surface area contributed by atoms with E-state index in [2.05, 4.69) is 44.9 Å². The second-order valence-electron chi connectivity index (χ2n) is 10.3. The van der Waals surface area contributed by atoms with Gasteiger partial charge in [0.2, 0.25) is 0 Å². The zero-order valence-corrected chi connectivity index (χ0v) is 22.2. The Hall–Kier alpha value is -3.76. The monoisotopic (exact) mass is 550 g/mol. The zero-order chi connectivity index (χ0) is 27.1. The summed E-state index contributed by atoms with van der Waals surface area (Å²) in [5.74, 6) is -0.474. The molecule has 39 heavy (non-hydrogen) atoms. The normalized spacial score (nSPS) is 22.5. The SMILES string of the molecule is CN1CCC[C@H]1c1ccc(CNC(=O)c2cnnc(N3CCC4(C3)OC(=O)Nc3ccc(Cl)c(F)c34)c2)cc1. The third-order valence-electron chi connectivity index (χ3n) is 7.87. The minimum absolute atomic E-state index is 0.0507. The molecule has 3 aromatic rings. The molecule has 0 saturated carbocycles. The maximum Gasteiger partial charge on any atom is 0.412 e. The standard InChI is InChI=1S/C28H28ClFN6O3/c1-35-11-2-3-22(35)18-6-4-17(5-7-18)14-31-26(37)19-13-23(34-32-15-19)36-12-10-28(16-36)24-21(33-27(38)39-28)9-8-20(29)25(24)30/h4-9,13,15,22H,2-3,10-12,14,16H2,1H3,(H,31,37)(H,33,38)/t22-,28?/m0/s1. The molecule has 3 aliphatic rings. The minimum Gasteiger partial charge on any atom is -0.436 e. The number of aromatic nitrogens is 2. The summed E-state index contributed by atoms with van der Waals surface area (Å²) in [7, 11) is 2.15. The van der Waals surface area contributed by atoms with Crippen molar-refractivity contribution in [1.82, 2.24) is 20.4 Å². The molecule has 11 heteroatoms. The van der Waals surface area contributed by atoms with E-state index in [-0.39, 0.29) is 23.0 Å². The fraction of sp³-hybridized carbons (Fsp3) is 0.357. The summed E-state index contributed by atoms with van der Waals surface area (Å²) in [4.78, 5) is 29.4. The van der Waals surface area contributed by atoms with Gasteiger partial charge in [0.05, 0.1) is 34.6 Å². The van der Waals surface area contributed by atoms with Gasteiger partial charge < -0.3 is 15.0 Å². The largest absolute Gasteiger partial charge is 0.436 e. The maximum absolute atomic E-state index is 15.1. The number of nitrogens with zero attached hydrogens (tertiary/aromatic N) is 4. The van der Waals surface area contributed by atoms with Crippen molar-refractivity contribution >= 4 is 35.1 Å². The van der Waals surface area contributed by atoms with Crippen LogP contribution in [0.25, 0.3) is 0 Å². The molecule has 4 heterocycles. The Bertz CT molecular complexity index is 1440. The lowest BCUT2D eigenvalue weighted by Crippen LogP contribution is -2.42. The maximum atomic E-state index is 15.1. The molecule has 2 fully saturated rings. The van der Waals surface area contributed by atoms with E-state index < -0.39 is 17.5 Å². The lowest BCUT2D eigenvalue weighted by molar-refractivity contribution is 0.0263. The zero-order valence-electron chi connectivity index (χ0n) is 21.4.